The quantitative estimate of drug-likeness (QED) is 0.158. The number of fused-ring (bicyclic) bond motifs is 12. The molecule has 9 aromatic carbocycles. The van der Waals surface area contributed by atoms with Gasteiger partial charge in [-0.05, 0) is 105 Å². The van der Waals surface area contributed by atoms with Gasteiger partial charge in [0.1, 0.15) is 28.1 Å². The molecule has 8 heterocycles. The van der Waals surface area contributed by atoms with Crippen LogP contribution in [0.15, 0.2) is 231 Å². The SMILES string of the molecule is CC1(C)C2=CC3=c4ccccc4=CN(c4cc5c(C#N)cc6cc(N7C=CC=CC7)c7oc8c(N(c9ccc%10c(c9)oc9ccccc9%10)c9cccc(-c%10ccccc%10)n9)cccc8c7c6c5c5oc6ccc1cc6c45)C3C=C2. The third-order valence-corrected chi connectivity index (χ3v) is 17.1. The van der Waals surface area contributed by atoms with E-state index in [0.29, 0.717) is 23.5 Å². The minimum absolute atomic E-state index is 0.0990. The second-order valence-electron chi connectivity index (χ2n) is 21.7. The normalized spacial score (nSPS) is 16.1. The summed E-state index contributed by atoms with van der Waals surface area (Å²) < 4.78 is 21.5. The van der Waals surface area contributed by atoms with Crippen LogP contribution in [-0.4, -0.2) is 17.6 Å². The van der Waals surface area contributed by atoms with Crippen molar-refractivity contribution in [2.45, 2.75) is 25.3 Å². The summed E-state index contributed by atoms with van der Waals surface area (Å²) in [7, 11) is 0. The fourth-order valence-corrected chi connectivity index (χ4v) is 13.2. The number of anilines is 5. The number of aromatic nitrogens is 1. The predicted octanol–water partition coefficient (Wildman–Crippen LogP) is 16.5. The largest absolute Gasteiger partial charge is 0.456 e. The zero-order chi connectivity index (χ0) is 52.3. The lowest BCUT2D eigenvalue weighted by Gasteiger charge is -2.37. The highest BCUT2D eigenvalue weighted by Gasteiger charge is 2.35. The Morgan fingerprint density at radius 1 is 0.633 bits per heavy atom. The van der Waals surface area contributed by atoms with E-state index in [9.17, 15) is 5.26 Å². The topological polar surface area (TPSA) is 85.8 Å². The maximum absolute atomic E-state index is 11.4. The van der Waals surface area contributed by atoms with Crippen LogP contribution in [-0.2, 0) is 5.41 Å². The lowest BCUT2D eigenvalue weighted by atomic mass is 9.74. The third-order valence-electron chi connectivity index (χ3n) is 17.1. The number of rotatable bonds is 5. The molecule has 1 aliphatic carbocycles. The predicted molar refractivity (Wildman–Crippen MR) is 322 cm³/mol. The van der Waals surface area contributed by atoms with Gasteiger partial charge in [-0.3, -0.25) is 4.90 Å². The van der Waals surface area contributed by atoms with Crippen LogP contribution in [0.2, 0.25) is 0 Å². The van der Waals surface area contributed by atoms with Gasteiger partial charge in [-0.25, -0.2) is 4.98 Å². The van der Waals surface area contributed by atoms with E-state index in [1.165, 1.54) is 21.9 Å². The molecular weight excluding hydrogens is 971 g/mol. The Hall–Kier alpha value is -10.4. The molecule has 6 bridgehead atoms. The summed E-state index contributed by atoms with van der Waals surface area (Å²) >= 11 is 0. The average Bonchev–Trinajstić information content (AvgIpc) is 4.41. The van der Waals surface area contributed by atoms with Crippen LogP contribution < -0.4 is 25.1 Å². The van der Waals surface area contributed by atoms with Gasteiger partial charge < -0.3 is 23.1 Å². The molecule has 8 heteroatoms. The van der Waals surface area contributed by atoms with Gasteiger partial charge in [0.2, 0.25) is 0 Å². The number of nitriles is 1. The number of allylic oxidation sites excluding steroid dienone is 4. The van der Waals surface area contributed by atoms with Crippen molar-refractivity contribution < 1.29 is 13.3 Å². The van der Waals surface area contributed by atoms with Gasteiger partial charge in [0, 0.05) is 79.1 Å². The minimum atomic E-state index is -0.326. The highest BCUT2D eigenvalue weighted by atomic mass is 16.3. The van der Waals surface area contributed by atoms with Crippen molar-refractivity contribution in [3.63, 3.8) is 0 Å². The number of benzene rings is 9. The maximum Gasteiger partial charge on any atom is 0.159 e. The number of hydrogen-bond acceptors (Lipinski definition) is 8. The lowest BCUT2D eigenvalue weighted by molar-refractivity contribution is 0.635. The van der Waals surface area contributed by atoms with E-state index in [0.717, 1.165) is 121 Å². The van der Waals surface area contributed by atoms with Crippen LogP contribution in [0.1, 0.15) is 25.0 Å². The Morgan fingerprint density at radius 3 is 2.35 bits per heavy atom. The summed E-state index contributed by atoms with van der Waals surface area (Å²) in [5.41, 5.74) is 13.8. The molecule has 0 saturated carbocycles. The van der Waals surface area contributed by atoms with Crippen molar-refractivity contribution in [3.05, 3.63) is 240 Å². The van der Waals surface area contributed by atoms with E-state index in [4.69, 9.17) is 18.2 Å². The van der Waals surface area contributed by atoms with E-state index in [2.05, 4.69) is 217 Å². The van der Waals surface area contributed by atoms with Crippen molar-refractivity contribution in [2.24, 2.45) is 0 Å². The second-order valence-corrected chi connectivity index (χ2v) is 21.7. The van der Waals surface area contributed by atoms with Crippen molar-refractivity contribution in [2.75, 3.05) is 21.2 Å². The van der Waals surface area contributed by atoms with E-state index < -0.39 is 0 Å². The van der Waals surface area contributed by atoms with Crippen LogP contribution in [0.3, 0.4) is 0 Å². The number of para-hydroxylation sites is 2. The molecule has 4 aliphatic heterocycles. The molecule has 8 nitrogen and oxygen atoms in total. The van der Waals surface area contributed by atoms with Gasteiger partial charge in [0.05, 0.1) is 51.5 Å². The Balaban J connectivity index is 1.00. The van der Waals surface area contributed by atoms with Crippen LogP contribution in [0.5, 0.6) is 0 Å². The van der Waals surface area contributed by atoms with Crippen LogP contribution >= 0.6 is 0 Å². The Morgan fingerprint density at radius 2 is 1.46 bits per heavy atom. The molecule has 79 heavy (non-hydrogen) atoms. The first kappa shape index (κ1) is 43.8. The van der Waals surface area contributed by atoms with Crippen LogP contribution in [0.4, 0.5) is 28.6 Å². The fourth-order valence-electron chi connectivity index (χ4n) is 13.2. The molecule has 13 aromatic rings. The van der Waals surface area contributed by atoms with Crippen LogP contribution in [0, 0.1) is 11.3 Å². The molecule has 5 aliphatic rings. The Bertz CT molecular complexity index is 5200. The molecule has 0 amide bonds. The smallest absolute Gasteiger partial charge is 0.159 e. The number of pyridine rings is 1. The monoisotopic (exact) mass is 1020 g/mol. The molecule has 0 N–H and O–H groups in total. The molecule has 1 atom stereocenters. The first-order valence-corrected chi connectivity index (χ1v) is 26.9. The lowest BCUT2D eigenvalue weighted by Crippen LogP contribution is -2.45. The third kappa shape index (κ3) is 6.21. The number of furan rings is 3. The van der Waals surface area contributed by atoms with Gasteiger partial charge in [0.25, 0.3) is 0 Å². The summed E-state index contributed by atoms with van der Waals surface area (Å²) in [5.74, 6) is 0.711. The minimum Gasteiger partial charge on any atom is -0.456 e. The Kier molecular flexibility index (Phi) is 8.93. The van der Waals surface area contributed by atoms with E-state index in [-0.39, 0.29) is 11.5 Å². The van der Waals surface area contributed by atoms with Gasteiger partial charge in [-0.15, -0.1) is 0 Å². The highest BCUT2D eigenvalue weighted by molar-refractivity contribution is 6.36. The number of hydrogen-bond donors (Lipinski definition) is 0. The summed E-state index contributed by atoms with van der Waals surface area (Å²) in [4.78, 5) is 12.2. The summed E-state index contributed by atoms with van der Waals surface area (Å²) in [6.07, 6.45) is 17.7. The van der Waals surface area contributed by atoms with E-state index in [1.54, 1.807) is 0 Å². The standard InChI is InChI=1S/C71H45N5O3/c1-71(2)45-25-29-56-53(35-45)48-18-8-7-17-42(48)40-75(56)58-38-52-44(39-72)33-43-34-59(74-31-11-4-12-32-74)69-66(64(43)67(52)70-65(58)54-36-46(71)26-30-61(54)78-70)51-20-13-22-57(68(51)79-69)76(63-24-14-21-55(73-63)41-15-5-3-6-16-41)47-27-28-50-49-19-9-10-23-60(49)77-62(50)37-47/h3-31,33-38,40,56H,32H2,1-2H3. The maximum atomic E-state index is 11.4. The summed E-state index contributed by atoms with van der Waals surface area (Å²) in [5, 5.41) is 23.3. The Labute approximate surface area is 452 Å². The highest BCUT2D eigenvalue weighted by Crippen LogP contribution is 2.53. The summed E-state index contributed by atoms with van der Waals surface area (Å²) in [6, 6.07) is 61.9. The molecule has 4 aromatic heterocycles. The van der Waals surface area contributed by atoms with Crippen LogP contribution in [0.25, 0.3) is 110 Å². The molecule has 0 saturated heterocycles. The molecule has 18 rings (SSSR count). The fraction of sp³-hybridized carbons (Fsp3) is 0.0704. The van der Waals surface area contributed by atoms with Gasteiger partial charge in [-0.1, -0.05) is 141 Å². The first-order chi connectivity index (χ1) is 38.9. The van der Waals surface area contributed by atoms with Crippen molar-refractivity contribution in [1.82, 2.24) is 4.98 Å². The first-order valence-electron chi connectivity index (χ1n) is 26.9. The zero-order valence-electron chi connectivity index (χ0n) is 43.0. The average molecular weight is 1020 g/mol. The van der Waals surface area contributed by atoms with Gasteiger partial charge in [0.15, 0.2) is 11.2 Å². The zero-order valence-corrected chi connectivity index (χ0v) is 43.0. The van der Waals surface area contributed by atoms with Gasteiger partial charge >= 0.3 is 0 Å². The van der Waals surface area contributed by atoms with E-state index >= 15 is 0 Å². The van der Waals surface area contributed by atoms with Crippen molar-refractivity contribution in [1.29, 1.82) is 5.26 Å². The molecule has 0 spiro atoms. The van der Waals surface area contributed by atoms with E-state index in [1.807, 2.05) is 36.4 Å². The molecule has 1 unspecified atom stereocenters. The molecular formula is C71H45N5O3. The molecule has 372 valence electrons. The number of nitrogens with zero attached hydrogens (tertiary/aromatic N) is 5. The molecule has 0 fully saturated rings. The second kappa shape index (κ2) is 16.1. The van der Waals surface area contributed by atoms with Crippen molar-refractivity contribution >= 4 is 128 Å². The summed E-state index contributed by atoms with van der Waals surface area (Å²) in [6.45, 7) is 5.28. The van der Waals surface area contributed by atoms with Crippen molar-refractivity contribution in [3.8, 4) is 17.3 Å². The van der Waals surface area contributed by atoms with Gasteiger partial charge in [-0.2, -0.15) is 5.26 Å². The molecule has 0 radical (unpaired) electrons.